The van der Waals surface area contributed by atoms with Gasteiger partial charge in [-0.25, -0.2) is 14.6 Å². The van der Waals surface area contributed by atoms with Gasteiger partial charge in [-0.1, -0.05) is 6.07 Å². The number of aromatic nitrogens is 5. The maximum atomic E-state index is 13.0. The van der Waals surface area contributed by atoms with Crippen LogP contribution >= 0.6 is 11.3 Å². The SMILES string of the molecule is Cc1sc(-n2cccc2)c(C(=O)NCc2cccnc2-n2cncn2)c1C. The zero-order valence-electron chi connectivity index (χ0n) is 15.0. The molecule has 0 aliphatic heterocycles. The van der Waals surface area contributed by atoms with E-state index in [0.29, 0.717) is 17.9 Å². The van der Waals surface area contributed by atoms with Crippen molar-refractivity contribution in [3.63, 3.8) is 0 Å². The molecule has 27 heavy (non-hydrogen) atoms. The average molecular weight is 378 g/mol. The number of amides is 1. The highest BCUT2D eigenvalue weighted by Crippen LogP contribution is 2.31. The molecule has 0 aliphatic rings. The summed E-state index contributed by atoms with van der Waals surface area (Å²) in [7, 11) is 0. The number of thiophene rings is 1. The number of pyridine rings is 1. The fraction of sp³-hybridized carbons (Fsp3) is 0.158. The highest BCUT2D eigenvalue weighted by Gasteiger charge is 2.20. The van der Waals surface area contributed by atoms with Crippen LogP contribution in [0.3, 0.4) is 0 Å². The van der Waals surface area contributed by atoms with Crippen molar-refractivity contribution in [2.24, 2.45) is 0 Å². The number of nitrogens with zero attached hydrogens (tertiary/aromatic N) is 5. The Labute approximate surface area is 160 Å². The van der Waals surface area contributed by atoms with Gasteiger partial charge in [-0.05, 0) is 37.6 Å². The van der Waals surface area contributed by atoms with E-state index in [9.17, 15) is 4.79 Å². The molecule has 0 saturated heterocycles. The zero-order chi connectivity index (χ0) is 18.8. The van der Waals surface area contributed by atoms with Gasteiger partial charge in [0.25, 0.3) is 5.91 Å². The molecule has 0 aromatic carbocycles. The molecule has 8 heteroatoms. The van der Waals surface area contributed by atoms with Gasteiger partial charge in [-0.2, -0.15) is 5.10 Å². The molecule has 4 rings (SSSR count). The van der Waals surface area contributed by atoms with Crippen molar-refractivity contribution >= 4 is 17.2 Å². The van der Waals surface area contributed by atoms with E-state index < -0.39 is 0 Å². The van der Waals surface area contributed by atoms with Gasteiger partial charge < -0.3 is 9.88 Å². The van der Waals surface area contributed by atoms with E-state index in [1.165, 1.54) is 6.33 Å². The molecule has 4 aromatic heterocycles. The molecule has 0 saturated carbocycles. The Morgan fingerprint density at radius 1 is 1.22 bits per heavy atom. The van der Waals surface area contributed by atoms with Crippen LogP contribution < -0.4 is 5.32 Å². The van der Waals surface area contributed by atoms with Crippen molar-refractivity contribution in [3.05, 3.63) is 77.1 Å². The quantitative estimate of drug-likeness (QED) is 0.579. The fourth-order valence-electron chi connectivity index (χ4n) is 2.88. The number of aryl methyl sites for hydroxylation is 1. The summed E-state index contributed by atoms with van der Waals surface area (Å²) in [6, 6.07) is 7.66. The molecule has 0 atom stereocenters. The van der Waals surface area contributed by atoms with E-state index in [1.807, 2.05) is 55.1 Å². The minimum absolute atomic E-state index is 0.103. The van der Waals surface area contributed by atoms with Crippen LogP contribution in [0.1, 0.15) is 26.4 Å². The van der Waals surface area contributed by atoms with Gasteiger partial charge in [0.15, 0.2) is 5.82 Å². The predicted molar refractivity (Wildman–Crippen MR) is 103 cm³/mol. The summed E-state index contributed by atoms with van der Waals surface area (Å²) < 4.78 is 3.57. The Kier molecular flexibility index (Phi) is 4.55. The highest BCUT2D eigenvalue weighted by atomic mass is 32.1. The number of rotatable bonds is 5. The predicted octanol–water partition coefficient (Wildman–Crippen LogP) is 3.06. The van der Waals surface area contributed by atoms with Crippen LogP contribution in [0.2, 0.25) is 0 Å². The second-order valence-electron chi connectivity index (χ2n) is 6.06. The molecule has 4 aromatic rings. The molecule has 0 spiro atoms. The number of hydrogen-bond acceptors (Lipinski definition) is 5. The third-order valence-electron chi connectivity index (χ3n) is 4.38. The first kappa shape index (κ1) is 17.2. The molecule has 0 aliphatic carbocycles. The number of nitrogens with one attached hydrogen (secondary N) is 1. The monoisotopic (exact) mass is 378 g/mol. The lowest BCUT2D eigenvalue weighted by molar-refractivity contribution is 0.0950. The van der Waals surface area contributed by atoms with Crippen LogP contribution in [0, 0.1) is 13.8 Å². The van der Waals surface area contributed by atoms with Crippen molar-refractivity contribution in [1.82, 2.24) is 29.6 Å². The van der Waals surface area contributed by atoms with Gasteiger partial charge in [0.2, 0.25) is 0 Å². The lowest BCUT2D eigenvalue weighted by Gasteiger charge is -2.11. The molecular weight excluding hydrogens is 360 g/mol. The molecular formula is C19H18N6OS. The Morgan fingerprint density at radius 2 is 2.04 bits per heavy atom. The van der Waals surface area contributed by atoms with Crippen molar-refractivity contribution in [3.8, 4) is 10.8 Å². The number of carbonyl (C=O) groups excluding carboxylic acids is 1. The minimum atomic E-state index is -0.103. The van der Waals surface area contributed by atoms with Crippen molar-refractivity contribution in [1.29, 1.82) is 0 Å². The Hall–Kier alpha value is -3.26. The molecule has 1 amide bonds. The molecule has 0 fully saturated rings. The summed E-state index contributed by atoms with van der Waals surface area (Å²) in [6.07, 6.45) is 8.64. The average Bonchev–Trinajstić information content (AvgIpc) is 3.43. The molecule has 0 unspecified atom stereocenters. The van der Waals surface area contributed by atoms with Gasteiger partial charge >= 0.3 is 0 Å². The Bertz CT molecular complexity index is 1070. The first-order valence-electron chi connectivity index (χ1n) is 8.45. The first-order valence-corrected chi connectivity index (χ1v) is 9.27. The number of carbonyl (C=O) groups is 1. The van der Waals surface area contributed by atoms with Gasteiger partial charge in [0, 0.05) is 35.6 Å². The summed E-state index contributed by atoms with van der Waals surface area (Å²) in [4.78, 5) is 22.4. The van der Waals surface area contributed by atoms with Crippen LogP contribution in [-0.4, -0.2) is 30.2 Å². The molecule has 136 valence electrons. The first-order chi connectivity index (χ1) is 13.1. The van der Waals surface area contributed by atoms with Crippen molar-refractivity contribution in [2.75, 3.05) is 0 Å². The lowest BCUT2D eigenvalue weighted by atomic mass is 10.1. The fourth-order valence-corrected chi connectivity index (χ4v) is 4.00. The van der Waals surface area contributed by atoms with E-state index in [0.717, 1.165) is 21.0 Å². The smallest absolute Gasteiger partial charge is 0.254 e. The van der Waals surface area contributed by atoms with Crippen LogP contribution in [0.25, 0.3) is 10.8 Å². The van der Waals surface area contributed by atoms with Crippen LogP contribution in [0.4, 0.5) is 0 Å². The maximum Gasteiger partial charge on any atom is 0.254 e. The van der Waals surface area contributed by atoms with E-state index in [-0.39, 0.29) is 5.91 Å². The number of hydrogen-bond donors (Lipinski definition) is 1. The topological polar surface area (TPSA) is 77.6 Å². The lowest BCUT2D eigenvalue weighted by Crippen LogP contribution is -2.25. The van der Waals surface area contributed by atoms with E-state index >= 15 is 0 Å². The minimum Gasteiger partial charge on any atom is -0.348 e. The third-order valence-corrected chi connectivity index (χ3v) is 5.60. The molecule has 7 nitrogen and oxygen atoms in total. The zero-order valence-corrected chi connectivity index (χ0v) is 15.8. The summed E-state index contributed by atoms with van der Waals surface area (Å²) in [5, 5.41) is 8.08. The normalized spacial score (nSPS) is 10.9. The van der Waals surface area contributed by atoms with Gasteiger partial charge in [0.1, 0.15) is 17.7 Å². The molecule has 4 heterocycles. The second kappa shape index (κ2) is 7.16. The van der Waals surface area contributed by atoms with E-state index in [4.69, 9.17) is 0 Å². The maximum absolute atomic E-state index is 13.0. The van der Waals surface area contributed by atoms with E-state index in [2.05, 4.69) is 20.4 Å². The Morgan fingerprint density at radius 3 is 2.78 bits per heavy atom. The summed E-state index contributed by atoms with van der Waals surface area (Å²) in [5.41, 5.74) is 2.58. The largest absolute Gasteiger partial charge is 0.348 e. The highest BCUT2D eigenvalue weighted by molar-refractivity contribution is 7.15. The van der Waals surface area contributed by atoms with Crippen LogP contribution in [0.15, 0.2) is 55.5 Å². The van der Waals surface area contributed by atoms with Crippen LogP contribution in [-0.2, 0) is 6.54 Å². The standard InChI is InChI=1S/C19H18N6OS/c1-13-14(2)27-19(24-8-3-4-9-24)16(13)18(26)22-10-15-6-5-7-21-17(15)25-12-20-11-23-25/h3-9,11-12H,10H2,1-2H3,(H,22,26). The summed E-state index contributed by atoms with van der Waals surface area (Å²) in [6.45, 7) is 4.37. The van der Waals surface area contributed by atoms with Crippen LogP contribution in [0.5, 0.6) is 0 Å². The molecule has 0 radical (unpaired) electrons. The molecule has 1 N–H and O–H groups in total. The Balaban J connectivity index is 1.60. The second-order valence-corrected chi connectivity index (χ2v) is 7.27. The third kappa shape index (κ3) is 3.26. The van der Waals surface area contributed by atoms with Crippen molar-refractivity contribution < 1.29 is 4.79 Å². The summed E-state index contributed by atoms with van der Waals surface area (Å²) >= 11 is 1.62. The van der Waals surface area contributed by atoms with Gasteiger partial charge in [-0.15, -0.1) is 11.3 Å². The van der Waals surface area contributed by atoms with Gasteiger partial charge in [0.05, 0.1) is 5.56 Å². The summed E-state index contributed by atoms with van der Waals surface area (Å²) in [5.74, 6) is 0.549. The molecule has 0 bridgehead atoms. The van der Waals surface area contributed by atoms with Crippen molar-refractivity contribution in [2.45, 2.75) is 20.4 Å². The van der Waals surface area contributed by atoms with Gasteiger partial charge in [-0.3, -0.25) is 4.79 Å². The van der Waals surface area contributed by atoms with E-state index in [1.54, 1.807) is 28.5 Å².